The third kappa shape index (κ3) is 3.79. The Morgan fingerprint density at radius 2 is 2.15 bits per heavy atom. The maximum absolute atomic E-state index is 13.2. The number of aliphatic carboxylic acids is 1. The van der Waals surface area contributed by atoms with E-state index in [1.54, 1.807) is 17.8 Å². The van der Waals surface area contributed by atoms with E-state index in [4.69, 9.17) is 9.84 Å². The fourth-order valence-electron chi connectivity index (χ4n) is 3.73. The molecule has 2 fully saturated rings. The number of aryl methyl sites for hydroxylation is 1. The Bertz CT molecular complexity index is 782. The first-order chi connectivity index (χ1) is 12.1. The Kier molecular flexibility index (Phi) is 5.15. The third-order valence-electron chi connectivity index (χ3n) is 5.03. The van der Waals surface area contributed by atoms with Crippen molar-refractivity contribution in [2.24, 2.45) is 5.92 Å². The lowest BCUT2D eigenvalue weighted by Crippen LogP contribution is -2.60. The fourth-order valence-corrected chi connectivity index (χ4v) is 5.45. The second kappa shape index (κ2) is 6.94. The van der Waals surface area contributed by atoms with Gasteiger partial charge in [-0.3, -0.25) is 9.48 Å². The third-order valence-corrected chi connectivity index (χ3v) is 6.94. The van der Waals surface area contributed by atoms with Crippen molar-refractivity contribution < 1.29 is 23.1 Å². The Morgan fingerprint density at radius 3 is 2.69 bits per heavy atom. The average Bonchev–Trinajstić information content (AvgIpc) is 2.85. The van der Waals surface area contributed by atoms with Gasteiger partial charge in [-0.15, -0.1) is 0 Å². The zero-order chi connectivity index (χ0) is 19.1. The highest BCUT2D eigenvalue weighted by molar-refractivity contribution is 7.89. The molecule has 8 nitrogen and oxygen atoms in total. The second-order valence-corrected chi connectivity index (χ2v) is 9.77. The molecule has 1 saturated carbocycles. The molecule has 0 radical (unpaired) electrons. The zero-order valence-electron chi connectivity index (χ0n) is 15.5. The molecule has 1 N–H and O–H groups in total. The maximum Gasteiger partial charge on any atom is 0.306 e. The van der Waals surface area contributed by atoms with Gasteiger partial charge in [-0.05, 0) is 32.1 Å². The number of carboxylic acid groups (broad SMARTS) is 1. The van der Waals surface area contributed by atoms with Crippen molar-refractivity contribution in [2.45, 2.75) is 69.6 Å². The summed E-state index contributed by atoms with van der Waals surface area (Å²) in [5.41, 5.74) is -0.0672. The number of rotatable bonds is 6. The molecule has 0 bridgehead atoms. The first-order valence-corrected chi connectivity index (χ1v) is 10.5. The van der Waals surface area contributed by atoms with Crippen molar-refractivity contribution in [3.63, 3.8) is 0 Å². The SMILES string of the molecule is Cc1nn(CC(C)C)cc1S(=O)(=O)N1CC(CC(=O)O)OC2(CCC2)C1. The molecule has 0 amide bonds. The van der Waals surface area contributed by atoms with E-state index in [1.165, 1.54) is 4.31 Å². The minimum atomic E-state index is -3.75. The number of nitrogens with zero attached hydrogens (tertiary/aromatic N) is 3. The average molecular weight is 385 g/mol. The Labute approximate surface area is 154 Å². The largest absolute Gasteiger partial charge is 0.481 e. The molecule has 2 heterocycles. The monoisotopic (exact) mass is 385 g/mol. The summed E-state index contributed by atoms with van der Waals surface area (Å²) in [6.45, 7) is 6.77. The van der Waals surface area contributed by atoms with E-state index in [1.807, 2.05) is 13.8 Å². The molecule has 146 valence electrons. The van der Waals surface area contributed by atoms with Crippen molar-refractivity contribution >= 4 is 16.0 Å². The van der Waals surface area contributed by atoms with E-state index in [0.29, 0.717) is 18.2 Å². The molecule has 1 aromatic heterocycles. The van der Waals surface area contributed by atoms with Gasteiger partial charge in [0.1, 0.15) is 4.90 Å². The maximum atomic E-state index is 13.2. The first-order valence-electron chi connectivity index (χ1n) is 9.05. The number of carbonyl (C=O) groups is 1. The van der Waals surface area contributed by atoms with E-state index in [0.717, 1.165) is 19.3 Å². The minimum Gasteiger partial charge on any atom is -0.481 e. The molecular weight excluding hydrogens is 358 g/mol. The van der Waals surface area contributed by atoms with Gasteiger partial charge in [-0.1, -0.05) is 13.8 Å². The van der Waals surface area contributed by atoms with Gasteiger partial charge < -0.3 is 9.84 Å². The molecule has 2 aliphatic rings. The molecule has 26 heavy (non-hydrogen) atoms. The number of hydrogen-bond donors (Lipinski definition) is 1. The van der Waals surface area contributed by atoms with Crippen LogP contribution in [0.25, 0.3) is 0 Å². The van der Waals surface area contributed by atoms with Gasteiger partial charge >= 0.3 is 5.97 Å². The van der Waals surface area contributed by atoms with Gasteiger partial charge in [-0.2, -0.15) is 9.40 Å². The van der Waals surface area contributed by atoms with Crippen molar-refractivity contribution in [1.82, 2.24) is 14.1 Å². The summed E-state index contributed by atoms with van der Waals surface area (Å²) < 4.78 is 35.5. The smallest absolute Gasteiger partial charge is 0.306 e. The Morgan fingerprint density at radius 1 is 1.46 bits per heavy atom. The highest BCUT2D eigenvalue weighted by Gasteiger charge is 2.49. The van der Waals surface area contributed by atoms with E-state index in [9.17, 15) is 13.2 Å². The molecule has 1 aliphatic heterocycles. The van der Waals surface area contributed by atoms with E-state index in [-0.39, 0.29) is 24.4 Å². The summed E-state index contributed by atoms with van der Waals surface area (Å²) in [6, 6.07) is 0. The molecule has 1 spiro atoms. The van der Waals surface area contributed by atoms with Crippen molar-refractivity contribution in [2.75, 3.05) is 13.1 Å². The van der Waals surface area contributed by atoms with Crippen LogP contribution in [0.4, 0.5) is 0 Å². The summed E-state index contributed by atoms with van der Waals surface area (Å²) in [4.78, 5) is 11.3. The lowest BCUT2D eigenvalue weighted by atomic mass is 9.79. The lowest BCUT2D eigenvalue weighted by Gasteiger charge is -2.50. The van der Waals surface area contributed by atoms with Crippen LogP contribution in [0, 0.1) is 12.8 Å². The molecule has 1 aliphatic carbocycles. The number of aromatic nitrogens is 2. The number of carboxylic acids is 1. The van der Waals surface area contributed by atoms with Crippen LogP contribution >= 0.6 is 0 Å². The summed E-state index contributed by atoms with van der Waals surface area (Å²) in [5.74, 6) is -0.629. The molecular formula is C17H27N3O5S. The molecule has 1 saturated heterocycles. The van der Waals surface area contributed by atoms with Gasteiger partial charge in [0.2, 0.25) is 10.0 Å². The standard InChI is InChI=1S/C17H27N3O5S/c1-12(2)8-19-10-15(13(3)18-19)26(23,24)20-9-14(7-16(21)22)25-17(11-20)5-4-6-17/h10,12,14H,4-9,11H2,1-3H3,(H,21,22). The predicted molar refractivity (Wildman–Crippen MR) is 94.3 cm³/mol. The van der Waals surface area contributed by atoms with Crippen LogP contribution in [0.1, 0.15) is 45.2 Å². The van der Waals surface area contributed by atoms with Gasteiger partial charge in [0, 0.05) is 25.8 Å². The second-order valence-electron chi connectivity index (χ2n) is 7.87. The lowest BCUT2D eigenvalue weighted by molar-refractivity contribution is -0.183. The van der Waals surface area contributed by atoms with E-state index < -0.39 is 27.7 Å². The molecule has 9 heteroatoms. The van der Waals surface area contributed by atoms with Gasteiger partial charge in [0.25, 0.3) is 0 Å². The van der Waals surface area contributed by atoms with Gasteiger partial charge in [-0.25, -0.2) is 8.42 Å². The highest BCUT2D eigenvalue weighted by atomic mass is 32.2. The quantitative estimate of drug-likeness (QED) is 0.799. The van der Waals surface area contributed by atoms with Gasteiger partial charge in [0.05, 0.1) is 23.8 Å². The zero-order valence-corrected chi connectivity index (χ0v) is 16.3. The van der Waals surface area contributed by atoms with Crippen LogP contribution in [-0.4, -0.2) is 58.4 Å². The fraction of sp³-hybridized carbons (Fsp3) is 0.765. The molecule has 1 unspecified atom stereocenters. The number of hydrogen-bond acceptors (Lipinski definition) is 5. The molecule has 0 aromatic carbocycles. The minimum absolute atomic E-state index is 0.0607. The number of ether oxygens (including phenoxy) is 1. The normalized spacial score (nSPS) is 23.3. The number of morpholine rings is 1. The summed E-state index contributed by atoms with van der Waals surface area (Å²) in [6.07, 6.45) is 3.27. The predicted octanol–water partition coefficient (Wildman–Crippen LogP) is 1.63. The Hall–Kier alpha value is -1.45. The summed E-state index contributed by atoms with van der Waals surface area (Å²) in [7, 11) is -3.75. The van der Waals surface area contributed by atoms with Crippen LogP contribution in [0.5, 0.6) is 0 Å². The van der Waals surface area contributed by atoms with E-state index >= 15 is 0 Å². The summed E-state index contributed by atoms with van der Waals surface area (Å²) in [5, 5.41) is 13.4. The van der Waals surface area contributed by atoms with Crippen LogP contribution < -0.4 is 0 Å². The molecule has 1 aromatic rings. The molecule has 3 rings (SSSR count). The van der Waals surface area contributed by atoms with Crippen molar-refractivity contribution in [1.29, 1.82) is 0 Å². The van der Waals surface area contributed by atoms with Gasteiger partial charge in [0.15, 0.2) is 0 Å². The molecule has 1 atom stereocenters. The van der Waals surface area contributed by atoms with Crippen molar-refractivity contribution in [3.05, 3.63) is 11.9 Å². The Balaban J connectivity index is 1.87. The number of sulfonamides is 1. The topological polar surface area (TPSA) is 102 Å². The highest BCUT2D eigenvalue weighted by Crippen LogP contribution is 2.41. The summed E-state index contributed by atoms with van der Waals surface area (Å²) >= 11 is 0. The van der Waals surface area contributed by atoms with Crippen LogP contribution in [-0.2, 0) is 26.1 Å². The van der Waals surface area contributed by atoms with E-state index in [2.05, 4.69) is 5.10 Å². The van der Waals surface area contributed by atoms with Crippen molar-refractivity contribution in [3.8, 4) is 0 Å². The van der Waals surface area contributed by atoms with Crippen LogP contribution in [0.2, 0.25) is 0 Å². The first kappa shape index (κ1) is 19.3. The van der Waals surface area contributed by atoms with Crippen LogP contribution in [0.15, 0.2) is 11.1 Å². The van der Waals surface area contributed by atoms with Crippen LogP contribution in [0.3, 0.4) is 0 Å².